The molecular formula is C31H35ClFN5O5. The minimum atomic E-state index is -0.885. The molecule has 3 N–H and O–H groups in total. The Labute approximate surface area is 254 Å². The molecule has 2 heterocycles. The van der Waals surface area contributed by atoms with E-state index in [9.17, 15) is 19.1 Å². The Bertz CT molecular complexity index is 1500. The predicted octanol–water partition coefficient (Wildman–Crippen LogP) is 4.51. The summed E-state index contributed by atoms with van der Waals surface area (Å²) in [6.07, 6.45) is 5.66. The second kappa shape index (κ2) is 13.2. The van der Waals surface area contributed by atoms with Crippen molar-refractivity contribution in [2.45, 2.75) is 63.4 Å². The van der Waals surface area contributed by atoms with Crippen molar-refractivity contribution in [1.82, 2.24) is 20.2 Å². The topological polar surface area (TPSA) is 126 Å². The highest BCUT2D eigenvalue weighted by atomic mass is 35.5. The Morgan fingerprint density at radius 2 is 1.95 bits per heavy atom. The lowest BCUT2D eigenvalue weighted by Crippen LogP contribution is -2.46. The number of amides is 2. The van der Waals surface area contributed by atoms with Gasteiger partial charge in [0.1, 0.15) is 17.6 Å². The smallest absolute Gasteiger partial charge is 0.255 e. The number of rotatable bonds is 10. The first-order valence-electron chi connectivity index (χ1n) is 14.2. The van der Waals surface area contributed by atoms with Gasteiger partial charge in [-0.25, -0.2) is 14.4 Å². The summed E-state index contributed by atoms with van der Waals surface area (Å²) in [5.74, 6) is -0.633. The number of nitrogens with one attached hydrogen (secondary N) is 2. The van der Waals surface area contributed by atoms with Crippen molar-refractivity contribution in [3.63, 3.8) is 0 Å². The molecule has 43 heavy (non-hydrogen) atoms. The number of halogens is 2. The van der Waals surface area contributed by atoms with Crippen LogP contribution in [-0.4, -0.2) is 70.8 Å². The van der Waals surface area contributed by atoms with Crippen LogP contribution in [0.2, 0.25) is 5.02 Å². The van der Waals surface area contributed by atoms with Gasteiger partial charge in [-0.1, -0.05) is 23.7 Å². The van der Waals surface area contributed by atoms with Crippen molar-refractivity contribution in [1.29, 1.82) is 0 Å². The van der Waals surface area contributed by atoms with E-state index in [1.54, 1.807) is 32.4 Å². The zero-order valence-corrected chi connectivity index (χ0v) is 25.0. The average molecular weight is 612 g/mol. The molecular weight excluding hydrogens is 577 g/mol. The van der Waals surface area contributed by atoms with Crippen molar-refractivity contribution in [3.05, 3.63) is 70.1 Å². The van der Waals surface area contributed by atoms with Gasteiger partial charge in [0.05, 0.1) is 42.8 Å². The lowest BCUT2D eigenvalue weighted by Gasteiger charge is -2.28. The van der Waals surface area contributed by atoms with Gasteiger partial charge < -0.3 is 30.1 Å². The van der Waals surface area contributed by atoms with Gasteiger partial charge in [0, 0.05) is 36.9 Å². The van der Waals surface area contributed by atoms with Crippen LogP contribution in [0, 0.1) is 5.82 Å². The average Bonchev–Trinajstić information content (AvgIpc) is 3.35. The molecule has 0 spiro atoms. The van der Waals surface area contributed by atoms with E-state index in [-0.39, 0.29) is 30.3 Å². The van der Waals surface area contributed by atoms with Crippen molar-refractivity contribution < 1.29 is 28.6 Å². The number of ether oxygens (including phenoxy) is 2. The highest BCUT2D eigenvalue weighted by Crippen LogP contribution is 2.33. The molecule has 2 aromatic carbocycles. The molecule has 2 unspecified atom stereocenters. The molecule has 1 aliphatic heterocycles. The Hall–Kier alpha value is -3.80. The minimum absolute atomic E-state index is 0.231. The van der Waals surface area contributed by atoms with Crippen LogP contribution in [0.15, 0.2) is 42.6 Å². The predicted molar refractivity (Wildman–Crippen MR) is 159 cm³/mol. The summed E-state index contributed by atoms with van der Waals surface area (Å²) in [4.78, 5) is 37.2. The third-order valence-electron chi connectivity index (χ3n) is 8.18. The standard InChI is InChI=1S/C31H35ClFN5O5/c1-17(29(40)36-27(16-39)20-10-21(33)13-24(11-20)43-3)38-15-19-5-4-18(12-25(19)30(38)41)28-26(32)14-34-31(37-28)35-22-6-8-23(42-2)9-7-22/h4-5,10-14,17,22-23,27,39H,6-9,15-16H2,1-3H3,(H,36,40)(H,34,35,37). The van der Waals surface area contributed by atoms with Crippen LogP contribution in [0.4, 0.5) is 10.3 Å². The number of carbonyl (C=O) groups excluding carboxylic acids is 2. The normalized spacial score (nSPS) is 19.5. The zero-order valence-electron chi connectivity index (χ0n) is 24.3. The molecule has 1 aromatic heterocycles. The monoisotopic (exact) mass is 611 g/mol. The van der Waals surface area contributed by atoms with Crippen LogP contribution < -0.4 is 15.4 Å². The van der Waals surface area contributed by atoms with Gasteiger partial charge in [-0.05, 0) is 61.9 Å². The van der Waals surface area contributed by atoms with Crippen molar-refractivity contribution in [2.75, 3.05) is 26.1 Å². The molecule has 10 nitrogen and oxygen atoms in total. The Morgan fingerprint density at radius 1 is 1.19 bits per heavy atom. The molecule has 0 saturated heterocycles. The molecule has 1 aliphatic carbocycles. The zero-order chi connectivity index (χ0) is 30.7. The SMILES string of the molecule is COc1cc(F)cc(C(CO)NC(=O)C(C)N2Cc3ccc(-c4nc(NC5CCC(OC)CC5)ncc4Cl)cc3C2=O)c1. The van der Waals surface area contributed by atoms with Crippen molar-refractivity contribution in [2.24, 2.45) is 0 Å². The fraction of sp³-hybridized carbons (Fsp3) is 0.419. The summed E-state index contributed by atoms with van der Waals surface area (Å²) in [6.45, 7) is 1.38. The maximum atomic E-state index is 14.0. The van der Waals surface area contributed by atoms with Gasteiger partial charge in [-0.2, -0.15) is 0 Å². The molecule has 0 radical (unpaired) electrons. The van der Waals surface area contributed by atoms with E-state index in [1.165, 1.54) is 24.1 Å². The van der Waals surface area contributed by atoms with Gasteiger partial charge >= 0.3 is 0 Å². The highest BCUT2D eigenvalue weighted by molar-refractivity contribution is 6.33. The number of hydrogen-bond acceptors (Lipinski definition) is 8. The van der Waals surface area contributed by atoms with E-state index in [0.717, 1.165) is 31.2 Å². The minimum Gasteiger partial charge on any atom is -0.497 e. The summed E-state index contributed by atoms with van der Waals surface area (Å²) in [6, 6.07) is 7.87. The summed E-state index contributed by atoms with van der Waals surface area (Å²) in [5, 5.41) is 16.4. The molecule has 0 bridgehead atoms. The largest absolute Gasteiger partial charge is 0.497 e. The summed E-state index contributed by atoms with van der Waals surface area (Å²) >= 11 is 6.49. The number of carbonyl (C=O) groups is 2. The molecule has 2 aliphatic rings. The van der Waals surface area contributed by atoms with E-state index in [4.69, 9.17) is 21.1 Å². The van der Waals surface area contributed by atoms with E-state index in [1.807, 2.05) is 12.1 Å². The lowest BCUT2D eigenvalue weighted by atomic mass is 9.93. The van der Waals surface area contributed by atoms with Crippen LogP contribution in [0.1, 0.15) is 60.1 Å². The van der Waals surface area contributed by atoms with Crippen LogP contribution in [0.3, 0.4) is 0 Å². The molecule has 2 amide bonds. The van der Waals surface area contributed by atoms with Gasteiger partial charge in [0.25, 0.3) is 5.91 Å². The number of anilines is 1. The van der Waals surface area contributed by atoms with Gasteiger partial charge in [0.2, 0.25) is 11.9 Å². The number of aromatic nitrogens is 2. The summed E-state index contributed by atoms with van der Waals surface area (Å²) in [7, 11) is 3.14. The van der Waals surface area contributed by atoms with Gasteiger partial charge in [0.15, 0.2) is 0 Å². The van der Waals surface area contributed by atoms with Gasteiger partial charge in [-0.3, -0.25) is 9.59 Å². The molecule has 2 atom stereocenters. The molecule has 228 valence electrons. The van der Waals surface area contributed by atoms with Crippen LogP contribution in [0.5, 0.6) is 5.75 Å². The number of aliphatic hydroxyl groups is 1. The second-order valence-electron chi connectivity index (χ2n) is 10.9. The van der Waals surface area contributed by atoms with Crippen molar-refractivity contribution in [3.8, 4) is 17.0 Å². The Kier molecular flexibility index (Phi) is 9.43. The third kappa shape index (κ3) is 6.74. The lowest BCUT2D eigenvalue weighted by molar-refractivity contribution is -0.126. The van der Waals surface area contributed by atoms with E-state index in [0.29, 0.717) is 33.4 Å². The fourth-order valence-electron chi connectivity index (χ4n) is 5.62. The first-order chi connectivity index (χ1) is 20.7. The van der Waals surface area contributed by atoms with Crippen molar-refractivity contribution >= 4 is 29.4 Å². The maximum Gasteiger partial charge on any atom is 0.255 e. The van der Waals surface area contributed by atoms with E-state index in [2.05, 4.69) is 20.6 Å². The fourth-order valence-corrected chi connectivity index (χ4v) is 5.82. The number of nitrogens with zero attached hydrogens (tertiary/aromatic N) is 3. The Balaban J connectivity index is 1.29. The van der Waals surface area contributed by atoms with E-state index >= 15 is 0 Å². The second-order valence-corrected chi connectivity index (χ2v) is 11.3. The quantitative estimate of drug-likeness (QED) is 0.306. The Morgan fingerprint density at radius 3 is 2.65 bits per heavy atom. The summed E-state index contributed by atoms with van der Waals surface area (Å²) in [5.41, 5.74) is 2.72. The number of benzene rings is 2. The van der Waals surface area contributed by atoms with Crippen LogP contribution in [-0.2, 0) is 16.1 Å². The van der Waals surface area contributed by atoms with Crippen LogP contribution >= 0.6 is 11.6 Å². The van der Waals surface area contributed by atoms with Gasteiger partial charge in [-0.15, -0.1) is 0 Å². The highest BCUT2D eigenvalue weighted by Gasteiger charge is 2.35. The first-order valence-corrected chi connectivity index (χ1v) is 14.6. The number of methoxy groups -OCH3 is 2. The summed E-state index contributed by atoms with van der Waals surface area (Å²) < 4.78 is 24.6. The number of hydrogen-bond donors (Lipinski definition) is 3. The molecule has 1 fully saturated rings. The molecule has 1 saturated carbocycles. The third-order valence-corrected chi connectivity index (χ3v) is 8.45. The molecule has 5 rings (SSSR count). The van der Waals surface area contributed by atoms with Crippen LogP contribution in [0.25, 0.3) is 11.3 Å². The first kappa shape index (κ1) is 30.7. The number of aliphatic hydroxyl groups excluding tert-OH is 1. The number of fused-ring (bicyclic) bond motifs is 1. The van der Waals surface area contributed by atoms with E-state index < -0.39 is 30.4 Å². The molecule has 12 heteroatoms. The maximum absolute atomic E-state index is 14.0. The molecule has 3 aromatic rings.